The minimum atomic E-state index is -2.29. The fraction of sp³-hybridized carbons (Fsp3) is 0.333. The summed E-state index contributed by atoms with van der Waals surface area (Å²) in [6.07, 6.45) is -5.10. The highest BCUT2D eigenvalue weighted by atomic mass is 16.6. The highest BCUT2D eigenvalue weighted by Crippen LogP contribution is 2.47. The number of esters is 3. The van der Waals surface area contributed by atoms with E-state index in [-0.39, 0.29) is 27.1 Å². The van der Waals surface area contributed by atoms with Gasteiger partial charge >= 0.3 is 23.3 Å². The van der Waals surface area contributed by atoms with Crippen molar-refractivity contribution >= 4 is 28.7 Å². The highest BCUT2D eigenvalue weighted by molar-refractivity contribution is 5.88. The van der Waals surface area contributed by atoms with E-state index in [0.29, 0.717) is 0 Å². The van der Waals surface area contributed by atoms with Crippen LogP contribution in [-0.2, 0) is 28.6 Å². The number of carbonyl (C=O) groups is 3. The van der Waals surface area contributed by atoms with Crippen molar-refractivity contribution < 1.29 is 43.6 Å². The first kappa shape index (κ1) is 24.7. The zero-order valence-corrected chi connectivity index (χ0v) is 19.5. The first-order valence-electron chi connectivity index (χ1n) is 10.7. The molecule has 4 atom stereocenters. The zero-order valence-electron chi connectivity index (χ0n) is 19.5. The molecule has 36 heavy (non-hydrogen) atoms. The Morgan fingerprint density at radius 1 is 0.944 bits per heavy atom. The molecule has 12 nitrogen and oxygen atoms in total. The average molecular weight is 496 g/mol. The SMILES string of the molecule is CC(=O)O[C@@H]1c2c(c3c(=O)c4cccc(O)c4c(=O)c=3c2=[N+]=[N-])[C@H](OC(C)=O)[C@@H](OC(C)=O)[C@]1(C)O. The number of rotatable bonds is 3. The lowest BCUT2D eigenvalue weighted by molar-refractivity contribution is -0.222. The quantitative estimate of drug-likeness (QED) is 0.214. The molecular formula is C24H20N2O10. The van der Waals surface area contributed by atoms with Crippen LogP contribution < -0.4 is 16.2 Å². The van der Waals surface area contributed by atoms with Crippen LogP contribution in [0.25, 0.3) is 16.3 Å². The minimum absolute atomic E-state index is 0.184. The minimum Gasteiger partial charge on any atom is -0.507 e. The average Bonchev–Trinajstić information content (AvgIpc) is 3.12. The van der Waals surface area contributed by atoms with Crippen molar-refractivity contribution in [3.63, 3.8) is 0 Å². The van der Waals surface area contributed by atoms with Crippen molar-refractivity contribution in [2.75, 3.05) is 0 Å². The molecule has 0 radical (unpaired) electrons. The topological polar surface area (TPSA) is 190 Å². The van der Waals surface area contributed by atoms with Crippen molar-refractivity contribution in [3.8, 4) is 5.75 Å². The van der Waals surface area contributed by atoms with Crippen LogP contribution in [0.2, 0.25) is 0 Å². The van der Waals surface area contributed by atoms with Gasteiger partial charge in [0.05, 0.1) is 10.9 Å². The largest absolute Gasteiger partial charge is 0.507 e. The maximum atomic E-state index is 13.7. The molecule has 186 valence electrons. The van der Waals surface area contributed by atoms with Crippen molar-refractivity contribution in [1.82, 2.24) is 0 Å². The molecular weight excluding hydrogens is 476 g/mol. The van der Waals surface area contributed by atoms with Crippen molar-refractivity contribution in [1.29, 1.82) is 0 Å². The third-order valence-corrected chi connectivity index (χ3v) is 6.17. The molecule has 0 saturated carbocycles. The third kappa shape index (κ3) is 3.46. The predicted octanol–water partition coefficient (Wildman–Crippen LogP) is -0.0986. The van der Waals surface area contributed by atoms with Crippen LogP contribution in [0.3, 0.4) is 0 Å². The van der Waals surface area contributed by atoms with Gasteiger partial charge in [0.1, 0.15) is 16.6 Å². The second kappa shape index (κ2) is 8.36. The molecule has 0 amide bonds. The van der Waals surface area contributed by atoms with Gasteiger partial charge < -0.3 is 30.0 Å². The Morgan fingerprint density at radius 3 is 2.11 bits per heavy atom. The van der Waals surface area contributed by atoms with E-state index in [4.69, 9.17) is 14.2 Å². The van der Waals surface area contributed by atoms with Gasteiger partial charge in [0.15, 0.2) is 23.7 Å². The summed E-state index contributed by atoms with van der Waals surface area (Å²) in [4.78, 5) is 66.3. The molecule has 12 heteroatoms. The van der Waals surface area contributed by atoms with Crippen molar-refractivity contribution in [2.24, 2.45) is 0 Å². The lowest BCUT2D eigenvalue weighted by Gasteiger charge is -2.44. The van der Waals surface area contributed by atoms with Gasteiger partial charge in [-0.2, -0.15) is 4.79 Å². The predicted molar refractivity (Wildman–Crippen MR) is 118 cm³/mol. The van der Waals surface area contributed by atoms with E-state index in [1.165, 1.54) is 18.2 Å². The number of ether oxygens (including phenoxy) is 3. The van der Waals surface area contributed by atoms with Crippen LogP contribution in [0.4, 0.5) is 0 Å². The first-order chi connectivity index (χ1) is 16.8. The summed E-state index contributed by atoms with van der Waals surface area (Å²) in [7, 11) is 0. The number of phenolic OH excluding ortho intramolecular Hbond substituents is 1. The Morgan fingerprint density at radius 2 is 1.56 bits per heavy atom. The molecule has 2 N–H and O–H groups in total. The van der Waals surface area contributed by atoms with Crippen LogP contribution >= 0.6 is 0 Å². The molecule has 1 aromatic carbocycles. The van der Waals surface area contributed by atoms with E-state index in [0.717, 1.165) is 27.7 Å². The smallest absolute Gasteiger partial charge is 0.334 e. The van der Waals surface area contributed by atoms with Gasteiger partial charge in [0.2, 0.25) is 5.43 Å². The van der Waals surface area contributed by atoms with Gasteiger partial charge in [-0.1, -0.05) is 12.1 Å². The van der Waals surface area contributed by atoms with Crippen molar-refractivity contribution in [2.45, 2.75) is 51.6 Å². The maximum absolute atomic E-state index is 13.7. The summed E-state index contributed by atoms with van der Waals surface area (Å²) in [6.45, 7) is 4.22. The second-order valence-corrected chi connectivity index (χ2v) is 8.66. The molecule has 0 aromatic heterocycles. The molecule has 0 unspecified atom stereocenters. The van der Waals surface area contributed by atoms with Crippen LogP contribution in [0.5, 0.6) is 5.75 Å². The second-order valence-electron chi connectivity index (χ2n) is 8.66. The van der Waals surface area contributed by atoms with Gasteiger partial charge in [-0.15, -0.1) is 0 Å². The molecule has 3 aliphatic rings. The molecule has 0 saturated heterocycles. The first-order valence-corrected chi connectivity index (χ1v) is 10.7. The van der Waals surface area contributed by atoms with Crippen LogP contribution in [0.1, 0.15) is 51.0 Å². The Hall–Kier alpha value is -4.41. The van der Waals surface area contributed by atoms with E-state index in [2.05, 4.69) is 4.79 Å². The Balaban J connectivity index is 2.34. The van der Waals surface area contributed by atoms with Gasteiger partial charge in [-0.05, 0) is 13.0 Å². The number of benzene rings is 1. The molecule has 1 aromatic rings. The molecule has 3 aliphatic carbocycles. The number of aromatic hydroxyl groups is 1. The van der Waals surface area contributed by atoms with E-state index < -0.39 is 69.0 Å². The van der Waals surface area contributed by atoms with E-state index in [9.17, 15) is 39.7 Å². The molecule has 0 heterocycles. The summed E-state index contributed by atoms with van der Waals surface area (Å²) < 4.78 is 16.0. The summed E-state index contributed by atoms with van der Waals surface area (Å²) >= 11 is 0. The fourth-order valence-electron chi connectivity index (χ4n) is 4.90. The number of hydrogen-bond acceptors (Lipinski definition) is 10. The van der Waals surface area contributed by atoms with E-state index in [1.54, 1.807) is 0 Å². The number of hydrogen-bond donors (Lipinski definition) is 2. The number of phenols is 1. The lowest BCUT2D eigenvalue weighted by Crippen LogP contribution is -2.56. The van der Waals surface area contributed by atoms with Gasteiger partial charge in [-0.3, -0.25) is 24.0 Å². The normalized spacial score (nSPS) is 23.1. The standard InChI is InChI=1S/C24H20N2O10/c1-8(27)34-21-15-14-16(20(32)13-11(19(14)31)6-5-7-12(13)30)18(26-25)17(15)22(35-9(2)28)24(4,33)23(21)36-10(3)29/h5-7,21-23,30,33H,1-4H3/t21-,22+,23+,24+/m0/s1. The monoisotopic (exact) mass is 496 g/mol. The Kier molecular flexibility index (Phi) is 5.74. The van der Waals surface area contributed by atoms with E-state index >= 15 is 0 Å². The fourth-order valence-corrected chi connectivity index (χ4v) is 4.90. The Labute approximate surface area is 201 Å². The highest BCUT2D eigenvalue weighted by Gasteiger charge is 2.58. The van der Waals surface area contributed by atoms with Crippen LogP contribution in [0.15, 0.2) is 27.8 Å². The summed E-state index contributed by atoms with van der Waals surface area (Å²) in [6, 6.07) is 3.83. The number of aliphatic hydroxyl groups is 1. The molecule has 4 rings (SSSR count). The summed E-state index contributed by atoms with van der Waals surface area (Å²) in [5, 5.41) is 19.9. The van der Waals surface area contributed by atoms with Gasteiger partial charge in [0.25, 0.3) is 0 Å². The Bertz CT molecular complexity index is 1710. The van der Waals surface area contributed by atoms with E-state index in [1.807, 2.05) is 0 Å². The van der Waals surface area contributed by atoms with Gasteiger partial charge in [0, 0.05) is 36.9 Å². The number of nitrogens with zero attached hydrogens (tertiary/aromatic N) is 2. The van der Waals surface area contributed by atoms with Gasteiger partial charge in [-0.25, -0.2) is 0 Å². The lowest BCUT2D eigenvalue weighted by atomic mass is 9.75. The summed E-state index contributed by atoms with van der Waals surface area (Å²) in [5.41, 5.74) is 5.44. The number of fused-ring (bicyclic) bond motifs is 3. The molecule has 0 bridgehead atoms. The third-order valence-electron chi connectivity index (χ3n) is 6.17. The maximum Gasteiger partial charge on any atom is 0.334 e. The molecule has 0 fully saturated rings. The van der Waals surface area contributed by atoms with Crippen LogP contribution in [-0.4, -0.2) is 44.6 Å². The van der Waals surface area contributed by atoms with Crippen molar-refractivity contribution in [3.05, 3.63) is 71.1 Å². The number of carbonyl (C=O) groups excluding carboxylic acids is 3. The summed E-state index contributed by atoms with van der Waals surface area (Å²) in [5.74, 6) is -3.19. The molecule has 0 aliphatic heterocycles. The molecule has 0 spiro atoms. The zero-order chi connectivity index (χ0) is 26.7. The van der Waals surface area contributed by atoms with Crippen LogP contribution in [0, 0.1) is 10.4 Å².